The van der Waals surface area contributed by atoms with Crippen molar-refractivity contribution >= 4 is 46.4 Å². The van der Waals surface area contributed by atoms with Gasteiger partial charge in [0.15, 0.2) is 5.58 Å². The van der Waals surface area contributed by atoms with E-state index in [-0.39, 0.29) is 23.3 Å². The van der Waals surface area contributed by atoms with Crippen LogP contribution in [0, 0.1) is 0 Å². The van der Waals surface area contributed by atoms with E-state index in [1.165, 1.54) is 23.5 Å². The summed E-state index contributed by atoms with van der Waals surface area (Å²) in [5, 5.41) is 0.422. The Labute approximate surface area is 159 Å². The van der Waals surface area contributed by atoms with E-state index in [0.717, 1.165) is 16.8 Å². The fraction of sp³-hybridized carbons (Fsp3) is 0.167. The monoisotopic (exact) mass is 387 g/mol. The number of fused-ring (bicyclic) bond motifs is 1. The van der Waals surface area contributed by atoms with Gasteiger partial charge in [-0.2, -0.15) is 0 Å². The largest absolute Gasteiger partial charge is 0.431 e. The molecular formula is C18H17N3O3S2. The Kier molecular flexibility index (Phi) is 6.56. The molecule has 26 heavy (non-hydrogen) atoms. The van der Waals surface area contributed by atoms with Crippen LogP contribution in [0.2, 0.25) is 0 Å². The van der Waals surface area contributed by atoms with Crippen molar-refractivity contribution in [3.8, 4) is 0 Å². The normalized spacial score (nSPS) is 10.6. The lowest BCUT2D eigenvalue weighted by Gasteiger charge is -2.06. The van der Waals surface area contributed by atoms with Gasteiger partial charge in [0.05, 0.1) is 11.5 Å². The minimum absolute atomic E-state index is 0.101. The molecule has 6 nitrogen and oxygen atoms in total. The van der Waals surface area contributed by atoms with Gasteiger partial charge in [-0.3, -0.25) is 20.4 Å². The smallest absolute Gasteiger partial charge is 0.257 e. The van der Waals surface area contributed by atoms with Crippen molar-refractivity contribution in [2.75, 3.05) is 11.5 Å². The number of para-hydroxylation sites is 2. The lowest BCUT2D eigenvalue weighted by atomic mass is 10.2. The van der Waals surface area contributed by atoms with E-state index in [9.17, 15) is 9.59 Å². The van der Waals surface area contributed by atoms with Gasteiger partial charge in [0.2, 0.25) is 11.8 Å². The molecule has 1 heterocycles. The fourth-order valence-corrected chi connectivity index (χ4v) is 3.51. The van der Waals surface area contributed by atoms with Crippen molar-refractivity contribution in [3.05, 3.63) is 60.2 Å². The highest BCUT2D eigenvalue weighted by atomic mass is 32.2. The van der Waals surface area contributed by atoms with E-state index in [1.54, 1.807) is 0 Å². The highest BCUT2D eigenvalue weighted by molar-refractivity contribution is 7.99. The maximum absolute atomic E-state index is 11.8. The number of nitrogens with one attached hydrogen (secondary N) is 2. The summed E-state index contributed by atoms with van der Waals surface area (Å²) in [5.74, 6) is 0.554. The first-order chi connectivity index (χ1) is 12.7. The minimum Gasteiger partial charge on any atom is -0.431 e. The van der Waals surface area contributed by atoms with Crippen LogP contribution in [0.15, 0.2) is 64.2 Å². The zero-order chi connectivity index (χ0) is 18.2. The second kappa shape index (κ2) is 9.30. The van der Waals surface area contributed by atoms with Gasteiger partial charge in [0.1, 0.15) is 5.52 Å². The van der Waals surface area contributed by atoms with Crippen molar-refractivity contribution in [1.29, 1.82) is 0 Å². The van der Waals surface area contributed by atoms with Gasteiger partial charge >= 0.3 is 0 Å². The van der Waals surface area contributed by atoms with Crippen LogP contribution in [0.3, 0.4) is 0 Å². The Morgan fingerprint density at radius 3 is 2.38 bits per heavy atom. The molecule has 0 aliphatic carbocycles. The standard InChI is InChI=1S/C18H17N3O3S2/c22-16(11-25-10-13-6-2-1-3-7-13)20-21-17(23)12-26-18-19-14-8-4-5-9-15(14)24-18/h1-9H,10-12H2,(H,20,22)(H,21,23). The van der Waals surface area contributed by atoms with E-state index in [1.807, 2.05) is 54.6 Å². The van der Waals surface area contributed by atoms with Crippen molar-refractivity contribution in [3.63, 3.8) is 0 Å². The predicted octanol–water partition coefficient (Wildman–Crippen LogP) is 3.00. The van der Waals surface area contributed by atoms with Gasteiger partial charge in [0, 0.05) is 5.75 Å². The maximum Gasteiger partial charge on any atom is 0.257 e. The fourth-order valence-electron chi connectivity index (χ4n) is 2.09. The lowest BCUT2D eigenvalue weighted by Crippen LogP contribution is -2.43. The minimum atomic E-state index is -0.321. The lowest BCUT2D eigenvalue weighted by molar-refractivity contribution is -0.126. The summed E-state index contributed by atoms with van der Waals surface area (Å²) >= 11 is 2.66. The average molecular weight is 387 g/mol. The average Bonchev–Trinajstić information content (AvgIpc) is 3.08. The van der Waals surface area contributed by atoms with E-state index in [0.29, 0.717) is 10.8 Å². The third kappa shape index (κ3) is 5.53. The molecule has 2 N–H and O–H groups in total. The Bertz CT molecular complexity index is 851. The third-order valence-electron chi connectivity index (χ3n) is 3.29. The summed E-state index contributed by atoms with van der Waals surface area (Å²) in [4.78, 5) is 27.8. The summed E-state index contributed by atoms with van der Waals surface area (Å²) < 4.78 is 5.52. The topological polar surface area (TPSA) is 84.2 Å². The maximum atomic E-state index is 11.8. The number of carbonyl (C=O) groups is 2. The van der Waals surface area contributed by atoms with E-state index >= 15 is 0 Å². The molecule has 0 saturated carbocycles. The number of amides is 2. The molecule has 2 amide bonds. The number of hydrazine groups is 1. The molecule has 8 heteroatoms. The van der Waals surface area contributed by atoms with E-state index < -0.39 is 0 Å². The Morgan fingerprint density at radius 2 is 1.62 bits per heavy atom. The van der Waals surface area contributed by atoms with Gasteiger partial charge in [-0.15, -0.1) is 11.8 Å². The molecule has 0 saturated heterocycles. The van der Waals surface area contributed by atoms with Crippen molar-refractivity contribution in [2.24, 2.45) is 0 Å². The number of benzene rings is 2. The van der Waals surface area contributed by atoms with E-state index in [4.69, 9.17) is 4.42 Å². The predicted molar refractivity (Wildman–Crippen MR) is 104 cm³/mol. The molecule has 0 spiro atoms. The highest BCUT2D eigenvalue weighted by Crippen LogP contribution is 2.22. The second-order valence-electron chi connectivity index (χ2n) is 5.31. The van der Waals surface area contributed by atoms with Crippen LogP contribution >= 0.6 is 23.5 Å². The van der Waals surface area contributed by atoms with Crippen LogP contribution < -0.4 is 10.9 Å². The summed E-state index contributed by atoms with van der Waals surface area (Å²) in [6.45, 7) is 0. The van der Waals surface area contributed by atoms with Gasteiger partial charge in [-0.05, 0) is 17.7 Å². The number of aromatic nitrogens is 1. The van der Waals surface area contributed by atoms with E-state index in [2.05, 4.69) is 15.8 Å². The van der Waals surface area contributed by atoms with Crippen LogP contribution in [-0.4, -0.2) is 28.3 Å². The molecule has 2 aromatic carbocycles. The van der Waals surface area contributed by atoms with Crippen LogP contribution in [0.1, 0.15) is 5.56 Å². The first kappa shape index (κ1) is 18.3. The van der Waals surface area contributed by atoms with Gasteiger partial charge in [0.25, 0.3) is 5.22 Å². The van der Waals surface area contributed by atoms with Gasteiger partial charge in [-0.25, -0.2) is 4.98 Å². The second-order valence-corrected chi connectivity index (χ2v) is 7.22. The molecule has 0 radical (unpaired) electrons. The molecule has 0 unspecified atom stereocenters. The molecule has 1 aromatic heterocycles. The summed E-state index contributed by atoms with van der Waals surface area (Å²) in [6, 6.07) is 17.3. The van der Waals surface area contributed by atoms with Crippen molar-refractivity contribution in [1.82, 2.24) is 15.8 Å². The number of nitrogens with zero attached hydrogens (tertiary/aromatic N) is 1. The molecular weight excluding hydrogens is 370 g/mol. The van der Waals surface area contributed by atoms with Crippen molar-refractivity contribution in [2.45, 2.75) is 11.0 Å². The van der Waals surface area contributed by atoms with Crippen LogP contribution in [-0.2, 0) is 15.3 Å². The molecule has 134 valence electrons. The zero-order valence-electron chi connectivity index (χ0n) is 13.8. The molecule has 0 bridgehead atoms. The SMILES string of the molecule is O=C(CSCc1ccccc1)NNC(=O)CSc1nc2ccccc2o1. The number of hydrogen-bond donors (Lipinski definition) is 2. The quantitative estimate of drug-likeness (QED) is 0.479. The Balaban J connectivity index is 1.33. The molecule has 0 atom stereocenters. The third-order valence-corrected chi connectivity index (χ3v) is 5.12. The first-order valence-corrected chi connectivity index (χ1v) is 10.0. The van der Waals surface area contributed by atoms with Crippen LogP contribution in [0.5, 0.6) is 0 Å². The molecule has 0 aliphatic heterocycles. The van der Waals surface area contributed by atoms with Crippen LogP contribution in [0.4, 0.5) is 0 Å². The number of oxazole rings is 1. The molecule has 0 aliphatic rings. The highest BCUT2D eigenvalue weighted by Gasteiger charge is 2.10. The summed E-state index contributed by atoms with van der Waals surface area (Å²) in [7, 11) is 0. The number of carbonyl (C=O) groups excluding carboxylic acids is 2. The Morgan fingerprint density at radius 1 is 0.923 bits per heavy atom. The first-order valence-electron chi connectivity index (χ1n) is 7.88. The summed E-state index contributed by atoms with van der Waals surface area (Å²) in [5.41, 5.74) is 7.39. The van der Waals surface area contributed by atoms with Gasteiger partial charge in [-0.1, -0.05) is 54.2 Å². The molecule has 3 rings (SSSR count). The zero-order valence-corrected chi connectivity index (χ0v) is 15.4. The number of thioether (sulfide) groups is 2. The Hall–Kier alpha value is -2.45. The number of rotatable bonds is 7. The molecule has 3 aromatic rings. The summed E-state index contributed by atoms with van der Waals surface area (Å²) in [6.07, 6.45) is 0. The van der Waals surface area contributed by atoms with Crippen LogP contribution in [0.25, 0.3) is 11.1 Å². The molecule has 0 fully saturated rings. The van der Waals surface area contributed by atoms with Gasteiger partial charge < -0.3 is 4.42 Å². The van der Waals surface area contributed by atoms with Crippen molar-refractivity contribution < 1.29 is 14.0 Å². The number of hydrogen-bond acceptors (Lipinski definition) is 6.